The van der Waals surface area contributed by atoms with Gasteiger partial charge in [0.05, 0.1) is 23.5 Å². The van der Waals surface area contributed by atoms with Crippen LogP contribution in [0.4, 0.5) is 0 Å². The van der Waals surface area contributed by atoms with Crippen molar-refractivity contribution in [2.45, 2.75) is 52.0 Å². The molecule has 0 spiro atoms. The van der Waals surface area contributed by atoms with Crippen LogP contribution >= 0.6 is 9.24 Å². The number of hydrogen-bond acceptors (Lipinski definition) is 2. The van der Waals surface area contributed by atoms with Gasteiger partial charge in [0.2, 0.25) is 0 Å². The lowest BCUT2D eigenvalue weighted by atomic mass is 9.84. The fourth-order valence-electron chi connectivity index (χ4n) is 5.64. The zero-order valence-corrected chi connectivity index (χ0v) is 17.6. The minimum absolute atomic E-state index is 0.928. The molecule has 0 N–H and O–H groups in total. The van der Waals surface area contributed by atoms with Gasteiger partial charge in [-0.2, -0.15) is 0 Å². The molecule has 0 bridgehead atoms. The molecular formula is C25H25N2P. The Morgan fingerprint density at radius 3 is 2.75 bits per heavy atom. The van der Waals surface area contributed by atoms with E-state index in [-0.39, 0.29) is 0 Å². The first-order chi connectivity index (χ1) is 13.5. The molecule has 0 radical (unpaired) electrons. The predicted molar refractivity (Wildman–Crippen MR) is 121 cm³/mol. The Morgan fingerprint density at radius 2 is 1.89 bits per heavy atom. The molecule has 1 aromatic heterocycles. The van der Waals surface area contributed by atoms with Crippen LogP contribution in [0, 0.1) is 6.92 Å². The number of pyridine rings is 1. The Kier molecular flexibility index (Phi) is 3.39. The van der Waals surface area contributed by atoms with E-state index < -0.39 is 0 Å². The summed E-state index contributed by atoms with van der Waals surface area (Å²) in [7, 11) is 2.91. The van der Waals surface area contributed by atoms with Crippen LogP contribution in [-0.2, 0) is 19.4 Å². The van der Waals surface area contributed by atoms with Gasteiger partial charge in [-0.25, -0.2) is 4.98 Å². The van der Waals surface area contributed by atoms with E-state index in [9.17, 15) is 0 Å². The smallest absolute Gasteiger partial charge is 0.0927 e. The van der Waals surface area contributed by atoms with E-state index in [2.05, 4.69) is 46.4 Å². The van der Waals surface area contributed by atoms with E-state index in [0.29, 0.717) is 0 Å². The molecular weight excluding hydrogens is 359 g/mol. The van der Waals surface area contributed by atoms with Crippen molar-refractivity contribution < 1.29 is 0 Å². The standard InChI is InChI=1S/C25H25N2P/c1-13-7-8-18-15(3)27-12-20-19-6-4-5-17-14(2)23(28)11-21(24(17)19)26-25(20)22(27)10-16(18)9-13/h10-11H,1,3-9,12,28H2,2H3. The summed E-state index contributed by atoms with van der Waals surface area (Å²) in [5.41, 5.74) is 14.9. The minimum atomic E-state index is 0.928. The highest BCUT2D eigenvalue weighted by Crippen LogP contribution is 2.48. The molecule has 140 valence electrons. The SMILES string of the molecule is C=C1CCC2=C(C=C3c4nc5cc(P)c(C)c6c5c(c4CN3C2=C)CCC6)C1. The molecule has 4 aliphatic rings. The highest BCUT2D eigenvalue weighted by atomic mass is 31.0. The number of rotatable bonds is 0. The average molecular weight is 384 g/mol. The van der Waals surface area contributed by atoms with Crippen molar-refractivity contribution in [2.24, 2.45) is 0 Å². The zero-order chi connectivity index (χ0) is 19.2. The van der Waals surface area contributed by atoms with Gasteiger partial charge in [0.15, 0.2) is 0 Å². The van der Waals surface area contributed by atoms with Crippen LogP contribution in [0.1, 0.15) is 53.6 Å². The topological polar surface area (TPSA) is 16.1 Å². The van der Waals surface area contributed by atoms with Crippen molar-refractivity contribution in [1.29, 1.82) is 0 Å². The third-order valence-electron chi connectivity index (χ3n) is 7.16. The zero-order valence-electron chi connectivity index (χ0n) is 16.5. The van der Waals surface area contributed by atoms with Crippen LogP contribution in [-0.4, -0.2) is 9.88 Å². The van der Waals surface area contributed by atoms with Crippen LogP contribution in [0.5, 0.6) is 0 Å². The van der Waals surface area contributed by atoms with Crippen LogP contribution in [0.3, 0.4) is 0 Å². The Labute approximate surface area is 168 Å². The predicted octanol–water partition coefficient (Wildman–Crippen LogP) is 5.25. The van der Waals surface area contributed by atoms with Crippen molar-refractivity contribution >= 4 is 31.1 Å². The number of benzene rings is 1. The molecule has 3 heteroatoms. The molecule has 2 aliphatic carbocycles. The first-order valence-corrected chi connectivity index (χ1v) is 10.9. The van der Waals surface area contributed by atoms with Crippen LogP contribution in [0.15, 0.2) is 47.7 Å². The van der Waals surface area contributed by atoms with Crippen molar-refractivity contribution in [1.82, 2.24) is 9.88 Å². The molecule has 6 rings (SSSR count). The number of aromatic nitrogens is 1. The van der Waals surface area contributed by atoms with Gasteiger partial charge < -0.3 is 4.90 Å². The summed E-state index contributed by atoms with van der Waals surface area (Å²) in [4.78, 5) is 7.65. The number of hydrogen-bond donors (Lipinski definition) is 0. The van der Waals surface area contributed by atoms with Crippen molar-refractivity contribution in [3.8, 4) is 0 Å². The van der Waals surface area contributed by atoms with E-state index in [4.69, 9.17) is 4.98 Å². The van der Waals surface area contributed by atoms with Gasteiger partial charge in [-0.15, -0.1) is 9.24 Å². The summed E-state index contributed by atoms with van der Waals surface area (Å²) in [6, 6.07) is 2.27. The molecule has 0 saturated carbocycles. The molecule has 3 heterocycles. The van der Waals surface area contributed by atoms with E-state index >= 15 is 0 Å². The molecule has 2 aromatic rings. The fraction of sp³-hybridized carbons (Fsp3) is 0.320. The molecule has 0 amide bonds. The van der Waals surface area contributed by atoms with Crippen LogP contribution < -0.4 is 5.30 Å². The summed E-state index contributed by atoms with van der Waals surface area (Å²) in [5.74, 6) is 0. The van der Waals surface area contributed by atoms with Gasteiger partial charge in [-0.3, -0.25) is 0 Å². The molecule has 28 heavy (non-hydrogen) atoms. The lowest BCUT2D eigenvalue weighted by Gasteiger charge is -2.33. The normalized spacial score (nSPS) is 20.4. The number of nitrogens with zero attached hydrogens (tertiary/aromatic N) is 2. The summed E-state index contributed by atoms with van der Waals surface area (Å²) in [5, 5.41) is 2.72. The molecule has 0 fully saturated rings. The minimum Gasteiger partial charge on any atom is -0.335 e. The van der Waals surface area contributed by atoms with E-state index in [0.717, 1.165) is 25.8 Å². The average Bonchev–Trinajstić information content (AvgIpc) is 3.05. The Hall–Kier alpha value is -2.18. The quantitative estimate of drug-likeness (QED) is 0.455. The van der Waals surface area contributed by atoms with Gasteiger partial charge in [-0.1, -0.05) is 18.7 Å². The maximum absolute atomic E-state index is 5.23. The van der Waals surface area contributed by atoms with Gasteiger partial charge in [0, 0.05) is 16.6 Å². The molecule has 1 atom stereocenters. The number of allylic oxidation sites excluding steroid dienone is 4. The Balaban J connectivity index is 1.62. The fourth-order valence-corrected chi connectivity index (χ4v) is 5.98. The highest BCUT2D eigenvalue weighted by Gasteiger charge is 2.36. The van der Waals surface area contributed by atoms with E-state index in [1.165, 1.54) is 86.0 Å². The van der Waals surface area contributed by atoms with E-state index in [1.807, 2.05) is 0 Å². The van der Waals surface area contributed by atoms with Crippen LogP contribution in [0.25, 0.3) is 16.6 Å². The summed E-state index contributed by atoms with van der Waals surface area (Å²) < 4.78 is 0. The second kappa shape index (κ2) is 5.67. The Bertz CT molecular complexity index is 1200. The third-order valence-corrected chi connectivity index (χ3v) is 7.76. The molecule has 2 nitrogen and oxygen atoms in total. The second-order valence-electron chi connectivity index (χ2n) is 8.73. The van der Waals surface area contributed by atoms with Gasteiger partial charge >= 0.3 is 0 Å². The van der Waals surface area contributed by atoms with Crippen molar-refractivity contribution in [3.63, 3.8) is 0 Å². The molecule has 2 aliphatic heterocycles. The lowest BCUT2D eigenvalue weighted by molar-refractivity contribution is 0.500. The summed E-state index contributed by atoms with van der Waals surface area (Å²) >= 11 is 0. The van der Waals surface area contributed by atoms with Crippen molar-refractivity contribution in [2.75, 3.05) is 0 Å². The van der Waals surface area contributed by atoms with E-state index in [1.54, 1.807) is 5.56 Å². The second-order valence-corrected chi connectivity index (χ2v) is 9.35. The lowest BCUT2D eigenvalue weighted by Crippen LogP contribution is -2.22. The molecule has 0 saturated heterocycles. The maximum Gasteiger partial charge on any atom is 0.0927 e. The van der Waals surface area contributed by atoms with Gasteiger partial charge in [-0.05, 0) is 90.7 Å². The van der Waals surface area contributed by atoms with Gasteiger partial charge in [0.1, 0.15) is 0 Å². The number of aryl methyl sites for hydroxylation is 2. The van der Waals surface area contributed by atoms with Crippen molar-refractivity contribution in [3.05, 3.63) is 75.7 Å². The summed E-state index contributed by atoms with van der Waals surface area (Å²) in [6.07, 6.45) is 9.12. The van der Waals surface area contributed by atoms with Gasteiger partial charge in [0.25, 0.3) is 0 Å². The highest BCUT2D eigenvalue weighted by molar-refractivity contribution is 7.27. The monoisotopic (exact) mass is 384 g/mol. The summed E-state index contributed by atoms with van der Waals surface area (Å²) in [6.45, 7) is 11.9. The molecule has 1 unspecified atom stereocenters. The first-order valence-electron chi connectivity index (χ1n) is 10.3. The van der Waals surface area contributed by atoms with Crippen LogP contribution in [0.2, 0.25) is 0 Å². The molecule has 1 aromatic carbocycles. The first kappa shape index (κ1) is 16.7. The largest absolute Gasteiger partial charge is 0.335 e. The number of fused-ring (bicyclic) bond motifs is 4. The maximum atomic E-state index is 5.23. The Morgan fingerprint density at radius 1 is 1.07 bits per heavy atom. The third kappa shape index (κ3) is 2.10.